The van der Waals surface area contributed by atoms with E-state index in [1.807, 2.05) is 47.9 Å². The lowest BCUT2D eigenvalue weighted by molar-refractivity contribution is 0.402. The van der Waals surface area contributed by atoms with Crippen molar-refractivity contribution in [1.29, 1.82) is 0 Å². The molecule has 0 saturated carbocycles. The van der Waals surface area contributed by atoms with Crippen LogP contribution in [0, 0.1) is 0 Å². The Hall–Kier alpha value is -2.89. The van der Waals surface area contributed by atoms with Crippen LogP contribution in [0.3, 0.4) is 0 Å². The highest BCUT2D eigenvalue weighted by Gasteiger charge is 2.14. The molecule has 6 heteroatoms. The van der Waals surface area contributed by atoms with Gasteiger partial charge in [-0.2, -0.15) is 9.97 Å². The number of anilines is 1. The molecule has 0 fully saturated rings. The Morgan fingerprint density at radius 1 is 1.19 bits per heavy atom. The van der Waals surface area contributed by atoms with E-state index < -0.39 is 0 Å². The van der Waals surface area contributed by atoms with Gasteiger partial charge in [-0.3, -0.25) is 4.57 Å². The van der Waals surface area contributed by atoms with Gasteiger partial charge in [-0.15, -0.1) is 0 Å². The summed E-state index contributed by atoms with van der Waals surface area (Å²) in [5.41, 5.74) is 9.01. The van der Waals surface area contributed by atoms with Crippen molar-refractivity contribution in [3.63, 3.8) is 0 Å². The summed E-state index contributed by atoms with van der Waals surface area (Å²) in [6, 6.07) is 0. The maximum absolute atomic E-state index is 5.74. The molecule has 2 N–H and O–H groups in total. The highest BCUT2D eigenvalue weighted by atomic mass is 16.5. The number of imidazole rings is 1. The van der Waals surface area contributed by atoms with Crippen LogP contribution in [0.4, 0.5) is 5.95 Å². The SMILES string of the molecule is COc1nc(N)nc2c1ncn2C1=C/C=C\C=C/C(C)=C\1. The number of ether oxygens (including phenoxy) is 1. The maximum atomic E-state index is 5.74. The summed E-state index contributed by atoms with van der Waals surface area (Å²) < 4.78 is 7.07. The lowest BCUT2D eigenvalue weighted by atomic mass is 10.2. The number of hydrogen-bond acceptors (Lipinski definition) is 5. The predicted molar refractivity (Wildman–Crippen MR) is 82.6 cm³/mol. The Labute approximate surface area is 122 Å². The fourth-order valence-electron chi connectivity index (χ4n) is 2.13. The summed E-state index contributed by atoms with van der Waals surface area (Å²) in [7, 11) is 1.53. The van der Waals surface area contributed by atoms with Gasteiger partial charge in [0, 0.05) is 5.70 Å². The van der Waals surface area contributed by atoms with Crippen molar-refractivity contribution in [2.24, 2.45) is 0 Å². The predicted octanol–water partition coefficient (Wildman–Crippen LogP) is 2.33. The first-order valence-electron chi connectivity index (χ1n) is 6.47. The molecule has 0 radical (unpaired) electrons. The largest absolute Gasteiger partial charge is 0.479 e. The number of nitrogen functional groups attached to an aromatic ring is 1. The van der Waals surface area contributed by atoms with Gasteiger partial charge in [0.25, 0.3) is 0 Å². The second kappa shape index (κ2) is 5.24. The number of fused-ring (bicyclic) bond motifs is 1. The summed E-state index contributed by atoms with van der Waals surface area (Å²) in [4.78, 5) is 12.6. The molecule has 2 heterocycles. The number of aromatic nitrogens is 4. The van der Waals surface area contributed by atoms with Crippen molar-refractivity contribution in [3.05, 3.63) is 48.4 Å². The van der Waals surface area contributed by atoms with Gasteiger partial charge in [0.15, 0.2) is 11.2 Å². The third kappa shape index (κ3) is 2.43. The molecule has 0 amide bonds. The van der Waals surface area contributed by atoms with E-state index in [1.165, 1.54) is 7.11 Å². The van der Waals surface area contributed by atoms with Crippen LogP contribution >= 0.6 is 0 Å². The summed E-state index contributed by atoms with van der Waals surface area (Å²) in [6.45, 7) is 2.03. The monoisotopic (exact) mass is 281 g/mol. The molecule has 106 valence electrons. The van der Waals surface area contributed by atoms with Crippen molar-refractivity contribution >= 4 is 22.8 Å². The van der Waals surface area contributed by atoms with E-state index in [4.69, 9.17) is 10.5 Å². The smallest absolute Gasteiger partial charge is 0.246 e. The zero-order valence-corrected chi connectivity index (χ0v) is 11.8. The first kappa shape index (κ1) is 13.1. The summed E-state index contributed by atoms with van der Waals surface area (Å²) in [6.07, 6.45) is 13.7. The van der Waals surface area contributed by atoms with E-state index in [0.29, 0.717) is 17.0 Å². The summed E-state index contributed by atoms with van der Waals surface area (Å²) in [5.74, 6) is 0.530. The van der Waals surface area contributed by atoms with Gasteiger partial charge in [0.2, 0.25) is 11.8 Å². The van der Waals surface area contributed by atoms with Gasteiger partial charge in [-0.05, 0) is 24.6 Å². The van der Waals surface area contributed by atoms with Crippen LogP contribution in [0.2, 0.25) is 0 Å². The Kier molecular flexibility index (Phi) is 3.27. The number of hydrogen-bond donors (Lipinski definition) is 1. The van der Waals surface area contributed by atoms with Gasteiger partial charge in [0.05, 0.1) is 7.11 Å². The fraction of sp³-hybridized carbons (Fsp3) is 0.133. The van der Waals surface area contributed by atoms with Crippen molar-refractivity contribution in [1.82, 2.24) is 19.5 Å². The molecule has 3 rings (SSSR count). The Bertz CT molecular complexity index is 811. The third-order valence-corrected chi connectivity index (χ3v) is 3.08. The normalized spacial score (nSPS) is 22.6. The minimum Gasteiger partial charge on any atom is -0.479 e. The number of nitrogens with zero attached hydrogens (tertiary/aromatic N) is 4. The number of nitrogens with two attached hydrogens (primary N) is 1. The van der Waals surface area contributed by atoms with Gasteiger partial charge < -0.3 is 10.5 Å². The van der Waals surface area contributed by atoms with Crippen LogP contribution < -0.4 is 10.5 Å². The molecule has 0 aromatic carbocycles. The molecule has 1 aliphatic carbocycles. The standard InChI is InChI=1S/C15H15N5O/c1-10-6-4-3-5-7-11(8-10)20-9-17-12-13(20)18-15(16)19-14(12)21-2/h3-9H,1-2H3,(H2,16,18,19)/b4-3?,5-3-,6-4-,7-5?,10-6?,10-8-,11-7+,11-8?. The van der Waals surface area contributed by atoms with E-state index >= 15 is 0 Å². The van der Waals surface area contributed by atoms with Crippen LogP contribution in [-0.4, -0.2) is 26.6 Å². The topological polar surface area (TPSA) is 78.8 Å². The van der Waals surface area contributed by atoms with Crippen molar-refractivity contribution in [2.45, 2.75) is 6.92 Å². The van der Waals surface area contributed by atoms with Gasteiger partial charge in [-0.1, -0.05) is 24.3 Å². The minimum atomic E-state index is 0.156. The zero-order valence-electron chi connectivity index (χ0n) is 11.8. The lowest BCUT2D eigenvalue weighted by Crippen LogP contribution is -2.02. The molecular weight excluding hydrogens is 266 g/mol. The van der Waals surface area contributed by atoms with Crippen LogP contribution in [0.15, 0.2) is 48.4 Å². The molecule has 2 aromatic heterocycles. The van der Waals surface area contributed by atoms with E-state index in [0.717, 1.165) is 11.3 Å². The highest BCUT2D eigenvalue weighted by Crippen LogP contribution is 2.25. The average molecular weight is 281 g/mol. The quantitative estimate of drug-likeness (QED) is 0.914. The molecule has 2 aromatic rings. The second-order valence-corrected chi connectivity index (χ2v) is 4.60. The Morgan fingerprint density at radius 2 is 2.05 bits per heavy atom. The third-order valence-electron chi connectivity index (χ3n) is 3.08. The molecule has 0 aliphatic heterocycles. The molecule has 0 atom stereocenters. The maximum Gasteiger partial charge on any atom is 0.246 e. The summed E-state index contributed by atoms with van der Waals surface area (Å²) >= 11 is 0. The molecule has 6 nitrogen and oxygen atoms in total. The molecule has 0 saturated heterocycles. The van der Waals surface area contributed by atoms with Gasteiger partial charge in [-0.25, -0.2) is 4.98 Å². The average Bonchev–Trinajstić information content (AvgIpc) is 2.85. The number of methoxy groups -OCH3 is 1. The molecular formula is C15H15N5O. The number of allylic oxidation sites excluding steroid dienone is 8. The molecule has 21 heavy (non-hydrogen) atoms. The lowest BCUT2D eigenvalue weighted by Gasteiger charge is -2.07. The van der Waals surface area contributed by atoms with Crippen molar-refractivity contribution in [2.75, 3.05) is 12.8 Å². The first-order valence-corrected chi connectivity index (χ1v) is 6.47. The van der Waals surface area contributed by atoms with E-state index in [9.17, 15) is 0 Å². The van der Waals surface area contributed by atoms with Gasteiger partial charge >= 0.3 is 0 Å². The van der Waals surface area contributed by atoms with Gasteiger partial charge in [0.1, 0.15) is 6.33 Å². The second-order valence-electron chi connectivity index (χ2n) is 4.60. The number of rotatable bonds is 2. The Morgan fingerprint density at radius 3 is 2.86 bits per heavy atom. The molecule has 0 spiro atoms. The van der Waals surface area contributed by atoms with E-state index in [-0.39, 0.29) is 5.95 Å². The molecule has 0 bridgehead atoms. The van der Waals surface area contributed by atoms with Crippen LogP contribution in [0.5, 0.6) is 5.88 Å². The molecule has 1 aliphatic rings. The fourth-order valence-corrected chi connectivity index (χ4v) is 2.13. The van der Waals surface area contributed by atoms with Crippen LogP contribution in [0.1, 0.15) is 6.92 Å². The summed E-state index contributed by atoms with van der Waals surface area (Å²) in [5, 5.41) is 0. The minimum absolute atomic E-state index is 0.156. The van der Waals surface area contributed by atoms with Crippen molar-refractivity contribution in [3.8, 4) is 5.88 Å². The van der Waals surface area contributed by atoms with E-state index in [1.54, 1.807) is 6.33 Å². The van der Waals surface area contributed by atoms with E-state index in [2.05, 4.69) is 15.0 Å². The van der Waals surface area contributed by atoms with Crippen LogP contribution in [0.25, 0.3) is 16.9 Å². The Balaban J connectivity index is 2.21. The van der Waals surface area contributed by atoms with Crippen molar-refractivity contribution < 1.29 is 4.74 Å². The molecule has 0 unspecified atom stereocenters. The van der Waals surface area contributed by atoms with Crippen LogP contribution in [-0.2, 0) is 0 Å². The zero-order chi connectivity index (χ0) is 14.8. The first-order chi connectivity index (χ1) is 10.2. The highest BCUT2D eigenvalue weighted by molar-refractivity contribution is 5.82.